The van der Waals surface area contributed by atoms with E-state index in [-0.39, 0.29) is 18.4 Å². The molecule has 0 atom stereocenters. The second kappa shape index (κ2) is 7.38. The molecule has 1 heterocycles. The number of hydrogen-bond donors (Lipinski definition) is 0. The van der Waals surface area contributed by atoms with Gasteiger partial charge in [-0.2, -0.15) is 0 Å². The summed E-state index contributed by atoms with van der Waals surface area (Å²) in [7, 11) is 1.59. The summed E-state index contributed by atoms with van der Waals surface area (Å²) in [5.74, 6) is 0.477. The predicted molar refractivity (Wildman–Crippen MR) is 98.1 cm³/mol. The third-order valence-corrected chi connectivity index (χ3v) is 4.47. The number of ether oxygens (including phenoxy) is 1. The van der Waals surface area contributed by atoms with Crippen molar-refractivity contribution >= 4 is 23.2 Å². The fourth-order valence-corrected chi connectivity index (χ4v) is 3.16. The first kappa shape index (κ1) is 17.0. The number of carbonyl (C=O) groups excluding carboxylic acids is 2. The average molecular weight is 338 g/mol. The summed E-state index contributed by atoms with van der Waals surface area (Å²) in [4.78, 5) is 28.3. The number of amides is 2. The Kier molecular flexibility index (Phi) is 5.03. The number of aryl methyl sites for hydroxylation is 1. The van der Waals surface area contributed by atoms with E-state index in [0.717, 1.165) is 18.5 Å². The maximum Gasteiger partial charge on any atom is 0.247 e. The van der Waals surface area contributed by atoms with Gasteiger partial charge in [0.05, 0.1) is 7.11 Å². The van der Waals surface area contributed by atoms with Crippen LogP contribution in [0.3, 0.4) is 0 Å². The van der Waals surface area contributed by atoms with E-state index < -0.39 is 0 Å². The zero-order valence-electron chi connectivity index (χ0n) is 14.6. The molecule has 0 fully saturated rings. The lowest BCUT2D eigenvalue weighted by atomic mass is 10.0. The molecule has 3 rings (SSSR count). The van der Waals surface area contributed by atoms with Crippen LogP contribution in [0.2, 0.25) is 0 Å². The first-order valence-corrected chi connectivity index (χ1v) is 8.40. The van der Waals surface area contributed by atoms with Crippen molar-refractivity contribution in [1.29, 1.82) is 0 Å². The Hall–Kier alpha value is -2.82. The predicted octanol–water partition coefficient (Wildman–Crippen LogP) is 3.03. The summed E-state index contributed by atoms with van der Waals surface area (Å²) in [5.41, 5.74) is 2.82. The largest absolute Gasteiger partial charge is 0.497 e. The van der Waals surface area contributed by atoms with E-state index in [9.17, 15) is 9.59 Å². The van der Waals surface area contributed by atoms with Crippen LogP contribution in [0.5, 0.6) is 5.75 Å². The SMILES string of the molecule is COc1ccc(N(CC(=O)N2CCCc3ccccc32)C(C)=O)cc1. The van der Waals surface area contributed by atoms with Gasteiger partial charge in [-0.05, 0) is 48.7 Å². The number of anilines is 2. The monoisotopic (exact) mass is 338 g/mol. The van der Waals surface area contributed by atoms with Crippen molar-refractivity contribution in [3.05, 3.63) is 54.1 Å². The standard InChI is InChI=1S/C20H22N2O3/c1-15(23)22(17-9-11-18(25-2)12-10-17)14-20(24)21-13-5-7-16-6-3-4-8-19(16)21/h3-4,6,8-12H,5,7,13-14H2,1-2H3. The Bertz CT molecular complexity index is 771. The Morgan fingerprint density at radius 2 is 1.84 bits per heavy atom. The molecule has 5 nitrogen and oxygen atoms in total. The van der Waals surface area contributed by atoms with Gasteiger partial charge in [0, 0.05) is 24.8 Å². The molecule has 0 spiro atoms. The molecule has 0 N–H and O–H groups in total. The van der Waals surface area contributed by atoms with E-state index in [0.29, 0.717) is 18.0 Å². The van der Waals surface area contributed by atoms with Gasteiger partial charge < -0.3 is 14.5 Å². The van der Waals surface area contributed by atoms with Gasteiger partial charge >= 0.3 is 0 Å². The summed E-state index contributed by atoms with van der Waals surface area (Å²) >= 11 is 0. The van der Waals surface area contributed by atoms with Crippen molar-refractivity contribution in [2.24, 2.45) is 0 Å². The molecule has 2 amide bonds. The molecule has 0 aromatic heterocycles. The maximum atomic E-state index is 12.9. The number of methoxy groups -OCH3 is 1. The minimum Gasteiger partial charge on any atom is -0.497 e. The fourth-order valence-electron chi connectivity index (χ4n) is 3.16. The molecule has 5 heteroatoms. The molecule has 1 aliphatic heterocycles. The quantitative estimate of drug-likeness (QED) is 0.861. The van der Waals surface area contributed by atoms with E-state index in [1.165, 1.54) is 17.4 Å². The summed E-state index contributed by atoms with van der Waals surface area (Å²) < 4.78 is 5.15. The molecule has 2 aromatic rings. The van der Waals surface area contributed by atoms with Gasteiger partial charge in [0.25, 0.3) is 0 Å². The van der Waals surface area contributed by atoms with Gasteiger partial charge in [-0.15, -0.1) is 0 Å². The molecule has 0 aliphatic carbocycles. The molecule has 130 valence electrons. The van der Waals surface area contributed by atoms with Crippen LogP contribution >= 0.6 is 0 Å². The highest BCUT2D eigenvalue weighted by Gasteiger charge is 2.25. The summed E-state index contributed by atoms with van der Waals surface area (Å²) in [6.45, 7) is 2.18. The van der Waals surface area contributed by atoms with Crippen LogP contribution in [0, 0.1) is 0 Å². The highest BCUT2D eigenvalue weighted by molar-refractivity contribution is 6.03. The highest BCUT2D eigenvalue weighted by atomic mass is 16.5. The Morgan fingerprint density at radius 3 is 2.52 bits per heavy atom. The second-order valence-corrected chi connectivity index (χ2v) is 6.08. The van der Waals surface area contributed by atoms with Crippen LogP contribution in [0.25, 0.3) is 0 Å². The molecule has 0 saturated heterocycles. The number of benzene rings is 2. The summed E-state index contributed by atoms with van der Waals surface area (Å²) in [6, 6.07) is 15.1. The van der Waals surface area contributed by atoms with Gasteiger partial charge in [0.1, 0.15) is 12.3 Å². The minimum atomic E-state index is -0.163. The van der Waals surface area contributed by atoms with Crippen molar-refractivity contribution in [1.82, 2.24) is 0 Å². The molecule has 0 radical (unpaired) electrons. The second-order valence-electron chi connectivity index (χ2n) is 6.08. The smallest absolute Gasteiger partial charge is 0.247 e. The lowest BCUT2D eigenvalue weighted by molar-refractivity contribution is -0.121. The fraction of sp³-hybridized carbons (Fsp3) is 0.300. The summed E-state index contributed by atoms with van der Waals surface area (Å²) in [5, 5.41) is 0. The Balaban J connectivity index is 1.81. The summed E-state index contributed by atoms with van der Waals surface area (Å²) in [6.07, 6.45) is 1.92. The number of rotatable bonds is 4. The topological polar surface area (TPSA) is 49.9 Å². The van der Waals surface area contributed by atoms with E-state index in [1.807, 2.05) is 18.2 Å². The molecule has 1 aliphatic rings. The van der Waals surface area contributed by atoms with Gasteiger partial charge in [-0.3, -0.25) is 9.59 Å². The van der Waals surface area contributed by atoms with Crippen LogP contribution in [0.4, 0.5) is 11.4 Å². The molecule has 25 heavy (non-hydrogen) atoms. The first-order chi connectivity index (χ1) is 12.1. The van der Waals surface area contributed by atoms with Gasteiger partial charge in [0.15, 0.2) is 0 Å². The van der Waals surface area contributed by atoms with Crippen LogP contribution in [-0.2, 0) is 16.0 Å². The van der Waals surface area contributed by atoms with E-state index in [1.54, 1.807) is 36.3 Å². The van der Waals surface area contributed by atoms with Crippen LogP contribution in [-0.4, -0.2) is 32.0 Å². The number of carbonyl (C=O) groups is 2. The zero-order valence-corrected chi connectivity index (χ0v) is 14.6. The van der Waals surface area contributed by atoms with E-state index >= 15 is 0 Å². The number of hydrogen-bond acceptors (Lipinski definition) is 3. The van der Waals surface area contributed by atoms with Crippen LogP contribution < -0.4 is 14.5 Å². The van der Waals surface area contributed by atoms with Crippen LogP contribution in [0.15, 0.2) is 48.5 Å². The first-order valence-electron chi connectivity index (χ1n) is 8.40. The molecule has 2 aromatic carbocycles. The highest BCUT2D eigenvalue weighted by Crippen LogP contribution is 2.27. The zero-order chi connectivity index (χ0) is 17.8. The third kappa shape index (κ3) is 3.65. The van der Waals surface area contributed by atoms with Crippen molar-refractivity contribution in [2.45, 2.75) is 19.8 Å². The Labute approximate surface area is 147 Å². The van der Waals surface area contributed by atoms with Crippen molar-refractivity contribution < 1.29 is 14.3 Å². The van der Waals surface area contributed by atoms with Crippen molar-refractivity contribution in [3.63, 3.8) is 0 Å². The van der Waals surface area contributed by atoms with Gasteiger partial charge in [-0.1, -0.05) is 18.2 Å². The lowest BCUT2D eigenvalue weighted by Crippen LogP contribution is -2.44. The van der Waals surface area contributed by atoms with Gasteiger partial charge in [-0.25, -0.2) is 0 Å². The molecule has 0 saturated carbocycles. The Morgan fingerprint density at radius 1 is 1.12 bits per heavy atom. The molecule has 0 unspecified atom stereocenters. The van der Waals surface area contributed by atoms with Crippen molar-refractivity contribution in [3.8, 4) is 5.75 Å². The van der Waals surface area contributed by atoms with E-state index in [2.05, 4.69) is 6.07 Å². The van der Waals surface area contributed by atoms with Gasteiger partial charge in [0.2, 0.25) is 11.8 Å². The third-order valence-electron chi connectivity index (χ3n) is 4.47. The number of nitrogens with zero attached hydrogens (tertiary/aromatic N) is 2. The number of fused-ring (bicyclic) bond motifs is 1. The molecule has 0 bridgehead atoms. The minimum absolute atomic E-state index is 0.0238. The maximum absolute atomic E-state index is 12.9. The number of para-hydroxylation sites is 1. The normalized spacial score (nSPS) is 13.1. The average Bonchev–Trinajstić information content (AvgIpc) is 2.65. The molecular formula is C20H22N2O3. The molecular weight excluding hydrogens is 316 g/mol. The van der Waals surface area contributed by atoms with E-state index in [4.69, 9.17) is 4.74 Å². The van der Waals surface area contributed by atoms with Crippen LogP contribution in [0.1, 0.15) is 18.9 Å². The van der Waals surface area contributed by atoms with Crippen molar-refractivity contribution in [2.75, 3.05) is 30.0 Å². The lowest BCUT2D eigenvalue weighted by Gasteiger charge is -2.31.